The van der Waals surface area contributed by atoms with Crippen LogP contribution in [0, 0.1) is 13.8 Å². The van der Waals surface area contributed by atoms with Crippen LogP contribution in [0.15, 0.2) is 29.3 Å². The molecule has 1 aromatic carbocycles. The number of nitrogens with two attached hydrogens (primary N) is 1. The zero-order valence-corrected chi connectivity index (χ0v) is 12.3. The molecule has 0 bridgehead atoms. The second-order valence-corrected chi connectivity index (χ2v) is 7.19. The first-order valence-electron chi connectivity index (χ1n) is 5.66. The van der Waals surface area contributed by atoms with Crippen molar-refractivity contribution < 1.29 is 8.42 Å². The molecule has 19 heavy (non-hydrogen) atoms. The lowest BCUT2D eigenvalue weighted by atomic mass is 10.2. The maximum absolute atomic E-state index is 12.2. The van der Waals surface area contributed by atoms with E-state index in [-0.39, 0.29) is 17.1 Å². The number of hydrogen-bond acceptors (Lipinski definition) is 5. The number of rotatable bonds is 4. The smallest absolute Gasteiger partial charge is 0.243 e. The highest BCUT2D eigenvalue weighted by molar-refractivity contribution is 7.89. The minimum atomic E-state index is -3.61. The molecule has 0 atom stereocenters. The van der Waals surface area contributed by atoms with Crippen LogP contribution < -0.4 is 10.5 Å². The highest BCUT2D eigenvalue weighted by Crippen LogP contribution is 2.22. The van der Waals surface area contributed by atoms with Crippen LogP contribution in [0.4, 0.5) is 5.69 Å². The van der Waals surface area contributed by atoms with Gasteiger partial charge in [-0.05, 0) is 25.5 Å². The van der Waals surface area contributed by atoms with Crippen LogP contribution in [0.2, 0.25) is 0 Å². The molecule has 5 nitrogen and oxygen atoms in total. The van der Waals surface area contributed by atoms with Crippen LogP contribution in [0.25, 0.3) is 0 Å². The second-order valence-electron chi connectivity index (χ2n) is 4.16. The van der Waals surface area contributed by atoms with Gasteiger partial charge in [-0.1, -0.05) is 12.1 Å². The quantitative estimate of drug-likeness (QED) is 0.843. The summed E-state index contributed by atoms with van der Waals surface area (Å²) in [6.45, 7) is 3.82. The summed E-state index contributed by atoms with van der Waals surface area (Å²) in [5.41, 5.74) is 6.64. The van der Waals surface area contributed by atoms with E-state index in [1.54, 1.807) is 31.3 Å². The van der Waals surface area contributed by atoms with Crippen molar-refractivity contribution in [2.45, 2.75) is 25.3 Å². The molecular formula is C12H15N3O2S2. The average Bonchev–Trinajstić information content (AvgIpc) is 2.72. The third-order valence-electron chi connectivity index (χ3n) is 2.62. The standard InChI is InChI=1S/C12H15N3O2S2/c1-8-4-3-5-11(13)12(8)19(16,17)15-7-10-6-14-9(2)18-10/h3-6,15H,7,13H2,1-2H3. The van der Waals surface area contributed by atoms with Gasteiger partial charge in [0.15, 0.2) is 0 Å². The van der Waals surface area contributed by atoms with Gasteiger partial charge in [0.1, 0.15) is 4.90 Å². The number of benzene rings is 1. The zero-order valence-electron chi connectivity index (χ0n) is 10.7. The van der Waals surface area contributed by atoms with Crippen molar-refractivity contribution in [3.63, 3.8) is 0 Å². The number of thiazole rings is 1. The van der Waals surface area contributed by atoms with Crippen molar-refractivity contribution in [1.82, 2.24) is 9.71 Å². The Morgan fingerprint density at radius 2 is 2.11 bits per heavy atom. The molecule has 1 heterocycles. The number of aromatic nitrogens is 1. The lowest BCUT2D eigenvalue weighted by Gasteiger charge is -2.10. The molecule has 102 valence electrons. The largest absolute Gasteiger partial charge is 0.398 e. The summed E-state index contributed by atoms with van der Waals surface area (Å²) in [5.74, 6) is 0. The number of nitrogen functional groups attached to an aromatic ring is 1. The van der Waals surface area contributed by atoms with Gasteiger partial charge in [0.2, 0.25) is 10.0 Å². The van der Waals surface area contributed by atoms with Crippen LogP contribution in [-0.4, -0.2) is 13.4 Å². The molecule has 0 saturated heterocycles. The molecule has 1 aromatic heterocycles. The number of aryl methyl sites for hydroxylation is 2. The summed E-state index contributed by atoms with van der Waals surface area (Å²) in [4.78, 5) is 5.10. The third kappa shape index (κ3) is 3.12. The molecule has 0 unspecified atom stereocenters. The molecule has 2 rings (SSSR count). The predicted octanol–water partition coefficient (Wildman–Crippen LogP) is 1.82. The highest BCUT2D eigenvalue weighted by Gasteiger charge is 2.19. The number of sulfonamides is 1. The van der Waals surface area contributed by atoms with Crippen LogP contribution in [0.1, 0.15) is 15.4 Å². The van der Waals surface area contributed by atoms with Crippen LogP contribution >= 0.6 is 11.3 Å². The van der Waals surface area contributed by atoms with E-state index in [1.165, 1.54) is 11.3 Å². The summed E-state index contributed by atoms with van der Waals surface area (Å²) < 4.78 is 27.0. The fourth-order valence-electron chi connectivity index (χ4n) is 1.77. The van der Waals surface area contributed by atoms with E-state index in [9.17, 15) is 8.42 Å². The second kappa shape index (κ2) is 5.28. The van der Waals surface area contributed by atoms with Gasteiger partial charge >= 0.3 is 0 Å². The normalized spacial score (nSPS) is 11.7. The van der Waals surface area contributed by atoms with Crippen molar-refractivity contribution >= 4 is 27.0 Å². The van der Waals surface area contributed by atoms with Gasteiger partial charge in [-0.15, -0.1) is 11.3 Å². The minimum absolute atomic E-state index is 0.149. The molecule has 0 amide bonds. The number of nitrogens with zero attached hydrogens (tertiary/aromatic N) is 1. The maximum Gasteiger partial charge on any atom is 0.243 e. The summed E-state index contributed by atoms with van der Waals surface area (Å²) in [6, 6.07) is 5.04. The summed E-state index contributed by atoms with van der Waals surface area (Å²) >= 11 is 1.46. The molecule has 0 radical (unpaired) electrons. The number of hydrogen-bond donors (Lipinski definition) is 2. The Bertz CT molecular complexity index is 673. The molecule has 0 aliphatic rings. The molecule has 0 aliphatic carbocycles. The summed E-state index contributed by atoms with van der Waals surface area (Å²) in [5, 5.41) is 0.907. The zero-order chi connectivity index (χ0) is 14.0. The van der Waals surface area contributed by atoms with Crippen molar-refractivity contribution in [2.24, 2.45) is 0 Å². The first-order valence-corrected chi connectivity index (χ1v) is 7.96. The first-order chi connectivity index (χ1) is 8.90. The lowest BCUT2D eigenvalue weighted by molar-refractivity contribution is 0.581. The Kier molecular flexibility index (Phi) is 3.88. The van der Waals surface area contributed by atoms with Crippen LogP contribution in [-0.2, 0) is 16.6 Å². The van der Waals surface area contributed by atoms with E-state index >= 15 is 0 Å². The minimum Gasteiger partial charge on any atom is -0.398 e. The monoisotopic (exact) mass is 297 g/mol. The van der Waals surface area contributed by atoms with E-state index in [0.717, 1.165) is 9.88 Å². The molecule has 3 N–H and O–H groups in total. The maximum atomic E-state index is 12.2. The fraction of sp³-hybridized carbons (Fsp3) is 0.250. The van der Waals surface area contributed by atoms with E-state index in [4.69, 9.17) is 5.73 Å². The molecule has 7 heteroatoms. The molecule has 0 spiro atoms. The van der Waals surface area contributed by atoms with Gasteiger partial charge in [0.05, 0.1) is 10.7 Å². The van der Waals surface area contributed by atoms with Crippen molar-refractivity contribution in [1.29, 1.82) is 0 Å². The van der Waals surface area contributed by atoms with Gasteiger partial charge in [-0.25, -0.2) is 18.1 Å². The Labute approximate surface area is 116 Å². The Morgan fingerprint density at radius 1 is 1.37 bits per heavy atom. The number of nitrogens with one attached hydrogen (secondary N) is 1. The van der Waals surface area contributed by atoms with E-state index in [1.807, 2.05) is 6.92 Å². The van der Waals surface area contributed by atoms with Gasteiger partial charge in [0, 0.05) is 17.6 Å². The summed E-state index contributed by atoms with van der Waals surface area (Å²) in [6.07, 6.45) is 1.67. The SMILES string of the molecule is Cc1ncc(CNS(=O)(=O)c2c(C)cccc2N)s1. The average molecular weight is 297 g/mol. The van der Waals surface area contributed by atoms with Gasteiger partial charge in [0.25, 0.3) is 0 Å². The first kappa shape index (κ1) is 14.0. The van der Waals surface area contributed by atoms with Crippen LogP contribution in [0.5, 0.6) is 0 Å². The third-order valence-corrected chi connectivity index (χ3v) is 5.15. The van der Waals surface area contributed by atoms with Crippen molar-refractivity contribution in [3.8, 4) is 0 Å². The Morgan fingerprint density at radius 3 is 2.68 bits per heavy atom. The van der Waals surface area contributed by atoms with Gasteiger partial charge in [-0.2, -0.15) is 0 Å². The molecule has 0 aliphatic heterocycles. The highest BCUT2D eigenvalue weighted by atomic mass is 32.2. The van der Waals surface area contributed by atoms with E-state index in [0.29, 0.717) is 5.56 Å². The fourth-order valence-corrected chi connectivity index (χ4v) is 3.95. The Balaban J connectivity index is 2.23. The number of anilines is 1. The van der Waals surface area contributed by atoms with Crippen LogP contribution in [0.3, 0.4) is 0 Å². The summed E-state index contributed by atoms with van der Waals surface area (Å²) in [7, 11) is -3.61. The molecule has 0 fully saturated rings. The molecular weight excluding hydrogens is 282 g/mol. The van der Waals surface area contributed by atoms with Crippen molar-refractivity contribution in [3.05, 3.63) is 39.8 Å². The Hall–Kier alpha value is -1.44. The van der Waals surface area contributed by atoms with Gasteiger partial charge < -0.3 is 5.73 Å². The van der Waals surface area contributed by atoms with E-state index in [2.05, 4.69) is 9.71 Å². The lowest BCUT2D eigenvalue weighted by Crippen LogP contribution is -2.24. The van der Waals surface area contributed by atoms with Gasteiger partial charge in [-0.3, -0.25) is 0 Å². The predicted molar refractivity (Wildman–Crippen MR) is 76.5 cm³/mol. The topological polar surface area (TPSA) is 85.1 Å². The molecule has 0 saturated carbocycles. The van der Waals surface area contributed by atoms with E-state index < -0.39 is 10.0 Å². The molecule has 2 aromatic rings. The van der Waals surface area contributed by atoms with Crippen molar-refractivity contribution in [2.75, 3.05) is 5.73 Å².